The van der Waals surface area contributed by atoms with Gasteiger partial charge in [0.2, 0.25) is 0 Å². The third-order valence-electron chi connectivity index (χ3n) is 4.30. The highest BCUT2D eigenvalue weighted by molar-refractivity contribution is 6.35. The second kappa shape index (κ2) is 7.56. The largest absolute Gasteiger partial charge is 0.348 e. The standard InChI is InChI=1S/C19H20Cl2N2O/c1-12(16-10-7-14(20)11-17(16)21)22-18(13-5-3-2-4-6-13)19(24)23-15-8-9-15/h2-7,10-12,15,18,22H,8-9H2,1H3,(H,23,24)/p+1/t12-,18-/m1/s1. The zero-order valence-electron chi connectivity index (χ0n) is 13.5. The van der Waals surface area contributed by atoms with Gasteiger partial charge in [-0.3, -0.25) is 4.79 Å². The van der Waals surface area contributed by atoms with Gasteiger partial charge in [-0.15, -0.1) is 0 Å². The number of nitrogens with one attached hydrogen (secondary N) is 1. The van der Waals surface area contributed by atoms with E-state index in [1.165, 1.54) is 0 Å². The minimum Gasteiger partial charge on any atom is -0.348 e. The zero-order valence-corrected chi connectivity index (χ0v) is 15.0. The van der Waals surface area contributed by atoms with Gasteiger partial charge in [-0.1, -0.05) is 59.6 Å². The molecule has 1 amide bonds. The molecular formula is C19H21Cl2N2O+. The smallest absolute Gasteiger partial charge is 0.283 e. The normalized spacial score (nSPS) is 16.5. The number of halogens is 2. The minimum atomic E-state index is -0.298. The topological polar surface area (TPSA) is 45.7 Å². The molecule has 3 nitrogen and oxygen atoms in total. The molecule has 24 heavy (non-hydrogen) atoms. The van der Waals surface area contributed by atoms with Crippen LogP contribution in [-0.4, -0.2) is 11.9 Å². The summed E-state index contributed by atoms with van der Waals surface area (Å²) < 4.78 is 0. The van der Waals surface area contributed by atoms with Gasteiger partial charge in [0.05, 0.1) is 5.02 Å². The van der Waals surface area contributed by atoms with Crippen LogP contribution in [-0.2, 0) is 4.79 Å². The molecule has 1 fully saturated rings. The first-order chi connectivity index (χ1) is 11.5. The number of amides is 1. The molecule has 5 heteroatoms. The Balaban J connectivity index is 1.81. The van der Waals surface area contributed by atoms with E-state index >= 15 is 0 Å². The van der Waals surface area contributed by atoms with Crippen molar-refractivity contribution in [1.82, 2.24) is 5.32 Å². The van der Waals surface area contributed by atoms with Crippen molar-refractivity contribution in [3.05, 3.63) is 69.7 Å². The second-order valence-electron chi connectivity index (χ2n) is 6.32. The molecule has 1 aliphatic carbocycles. The summed E-state index contributed by atoms with van der Waals surface area (Å²) in [5.74, 6) is 0.0561. The van der Waals surface area contributed by atoms with Crippen LogP contribution in [0.2, 0.25) is 10.0 Å². The van der Waals surface area contributed by atoms with Crippen molar-refractivity contribution >= 4 is 29.1 Å². The van der Waals surface area contributed by atoms with Gasteiger partial charge in [0.1, 0.15) is 6.04 Å². The molecule has 0 spiro atoms. The number of benzene rings is 2. The molecule has 2 aromatic rings. The summed E-state index contributed by atoms with van der Waals surface area (Å²) in [7, 11) is 0. The lowest BCUT2D eigenvalue weighted by Gasteiger charge is -2.21. The van der Waals surface area contributed by atoms with Gasteiger partial charge < -0.3 is 10.6 Å². The third-order valence-corrected chi connectivity index (χ3v) is 4.86. The first-order valence-electron chi connectivity index (χ1n) is 8.20. The average Bonchev–Trinajstić information content (AvgIpc) is 3.37. The van der Waals surface area contributed by atoms with E-state index in [1.807, 2.05) is 42.5 Å². The summed E-state index contributed by atoms with van der Waals surface area (Å²) >= 11 is 12.3. The number of carbonyl (C=O) groups excluding carboxylic acids is 1. The summed E-state index contributed by atoms with van der Waals surface area (Å²) in [6, 6.07) is 15.4. The van der Waals surface area contributed by atoms with Crippen molar-refractivity contribution in [3.63, 3.8) is 0 Å². The van der Waals surface area contributed by atoms with Crippen LogP contribution in [0.4, 0.5) is 0 Å². The van der Waals surface area contributed by atoms with E-state index in [0.29, 0.717) is 16.1 Å². The Kier molecular flexibility index (Phi) is 5.44. The maximum absolute atomic E-state index is 12.7. The fourth-order valence-corrected chi connectivity index (χ4v) is 3.37. The quantitative estimate of drug-likeness (QED) is 0.808. The Morgan fingerprint density at radius 3 is 2.50 bits per heavy atom. The number of hydrogen-bond donors (Lipinski definition) is 2. The molecule has 1 saturated carbocycles. The third kappa shape index (κ3) is 4.29. The van der Waals surface area contributed by atoms with Gasteiger partial charge in [-0.2, -0.15) is 0 Å². The summed E-state index contributed by atoms with van der Waals surface area (Å²) in [6.45, 7) is 2.05. The molecule has 0 aromatic heterocycles. The van der Waals surface area contributed by atoms with Crippen molar-refractivity contribution in [2.75, 3.05) is 0 Å². The maximum atomic E-state index is 12.7. The van der Waals surface area contributed by atoms with Crippen LogP contribution >= 0.6 is 23.2 Å². The summed E-state index contributed by atoms with van der Waals surface area (Å²) in [5.41, 5.74) is 1.97. The molecule has 1 aliphatic rings. The molecule has 0 heterocycles. The molecule has 0 radical (unpaired) electrons. The molecule has 2 atom stereocenters. The van der Waals surface area contributed by atoms with E-state index in [2.05, 4.69) is 17.6 Å². The number of hydrogen-bond acceptors (Lipinski definition) is 1. The lowest BCUT2D eigenvalue weighted by molar-refractivity contribution is -0.719. The summed E-state index contributed by atoms with van der Waals surface area (Å²) in [6.07, 6.45) is 2.15. The van der Waals surface area contributed by atoms with Crippen molar-refractivity contribution in [2.45, 2.75) is 37.9 Å². The Labute approximate surface area is 152 Å². The van der Waals surface area contributed by atoms with Gasteiger partial charge in [-0.25, -0.2) is 0 Å². The highest BCUT2D eigenvalue weighted by Crippen LogP contribution is 2.25. The van der Waals surface area contributed by atoms with E-state index < -0.39 is 0 Å². The molecule has 2 aromatic carbocycles. The van der Waals surface area contributed by atoms with Gasteiger partial charge in [0.25, 0.3) is 5.91 Å². The molecule has 3 rings (SSSR count). The molecular weight excluding hydrogens is 343 g/mol. The lowest BCUT2D eigenvalue weighted by Crippen LogP contribution is -2.88. The summed E-state index contributed by atoms with van der Waals surface area (Å²) in [4.78, 5) is 12.7. The molecule has 3 N–H and O–H groups in total. The van der Waals surface area contributed by atoms with Gasteiger partial charge in [-0.05, 0) is 31.9 Å². The van der Waals surface area contributed by atoms with Crippen LogP contribution in [0, 0.1) is 0 Å². The predicted molar refractivity (Wildman–Crippen MR) is 97.2 cm³/mol. The monoisotopic (exact) mass is 363 g/mol. The van der Waals surface area contributed by atoms with Crippen LogP contribution in [0.1, 0.15) is 43.0 Å². The van der Waals surface area contributed by atoms with E-state index in [9.17, 15) is 4.79 Å². The van der Waals surface area contributed by atoms with E-state index in [-0.39, 0.29) is 18.0 Å². The Morgan fingerprint density at radius 2 is 1.88 bits per heavy atom. The zero-order chi connectivity index (χ0) is 17.1. The maximum Gasteiger partial charge on any atom is 0.283 e. The van der Waals surface area contributed by atoms with Crippen molar-refractivity contribution < 1.29 is 10.1 Å². The Hall–Kier alpha value is -1.55. The minimum absolute atomic E-state index is 0.0323. The fraction of sp³-hybridized carbons (Fsp3) is 0.316. The van der Waals surface area contributed by atoms with Gasteiger partial charge in [0.15, 0.2) is 6.04 Å². The number of quaternary nitrogens is 1. The SMILES string of the molecule is C[C@@H]([NH2+][C@@H](C(=O)NC1CC1)c1ccccc1)c1ccc(Cl)cc1Cl. The predicted octanol–water partition coefficient (Wildman–Crippen LogP) is 3.64. The first-order valence-corrected chi connectivity index (χ1v) is 8.95. The van der Waals surface area contributed by atoms with Crippen LogP contribution in [0.25, 0.3) is 0 Å². The van der Waals surface area contributed by atoms with Crippen molar-refractivity contribution in [3.8, 4) is 0 Å². The Morgan fingerprint density at radius 1 is 1.17 bits per heavy atom. The fourth-order valence-electron chi connectivity index (χ4n) is 2.79. The van der Waals surface area contributed by atoms with Crippen molar-refractivity contribution in [1.29, 1.82) is 0 Å². The number of nitrogens with two attached hydrogens (primary N) is 1. The van der Waals surface area contributed by atoms with Crippen molar-refractivity contribution in [2.24, 2.45) is 0 Å². The first kappa shape index (κ1) is 17.3. The molecule has 0 saturated heterocycles. The number of carbonyl (C=O) groups is 1. The van der Waals surface area contributed by atoms with E-state index in [4.69, 9.17) is 23.2 Å². The highest BCUT2D eigenvalue weighted by atomic mass is 35.5. The van der Waals surface area contributed by atoms with Crippen LogP contribution in [0.5, 0.6) is 0 Å². The van der Waals surface area contributed by atoms with E-state index in [1.54, 1.807) is 6.07 Å². The summed E-state index contributed by atoms with van der Waals surface area (Å²) in [5, 5.41) is 6.41. The average molecular weight is 364 g/mol. The van der Waals surface area contributed by atoms with E-state index in [0.717, 1.165) is 24.0 Å². The number of rotatable bonds is 6. The van der Waals surface area contributed by atoms with Crippen LogP contribution < -0.4 is 10.6 Å². The van der Waals surface area contributed by atoms with Gasteiger partial charge >= 0.3 is 0 Å². The lowest BCUT2D eigenvalue weighted by atomic mass is 10.0. The molecule has 0 bridgehead atoms. The highest BCUT2D eigenvalue weighted by Gasteiger charge is 2.32. The van der Waals surface area contributed by atoms with Gasteiger partial charge in [0, 0.05) is 22.2 Å². The molecule has 0 aliphatic heterocycles. The molecule has 0 unspecified atom stereocenters. The second-order valence-corrected chi connectivity index (χ2v) is 7.16. The Bertz CT molecular complexity index is 717. The molecule has 126 valence electrons. The van der Waals surface area contributed by atoms with Crippen LogP contribution in [0.3, 0.4) is 0 Å². The van der Waals surface area contributed by atoms with Crippen LogP contribution in [0.15, 0.2) is 48.5 Å².